The number of carbonyl (C=O) groups excluding carboxylic acids is 3. The number of benzene rings is 1. The minimum absolute atomic E-state index is 0.00395. The number of nitrogens with one attached hydrogen (secondary N) is 5. The second-order valence-electron chi connectivity index (χ2n) is 14.6. The highest BCUT2D eigenvalue weighted by atomic mass is 19.4. The topological polar surface area (TPSA) is 234 Å². The van der Waals surface area contributed by atoms with Gasteiger partial charge >= 0.3 is 18.1 Å². The first-order chi connectivity index (χ1) is 24.3. The number of amidine groups is 1. The highest BCUT2D eigenvalue weighted by Crippen LogP contribution is 2.33. The molecule has 2 saturated carbocycles. The van der Waals surface area contributed by atoms with Gasteiger partial charge in [-0.25, -0.2) is 9.59 Å². The molecule has 0 bridgehead atoms. The number of nitrogens with two attached hydrogens (primary N) is 2. The summed E-state index contributed by atoms with van der Waals surface area (Å²) in [7, 11) is 0. The Balaban J connectivity index is 0.00000121. The van der Waals surface area contributed by atoms with Crippen LogP contribution in [-0.2, 0) is 30.3 Å². The Hall–Kier alpha value is -4.37. The van der Waals surface area contributed by atoms with E-state index in [1.165, 1.54) is 6.42 Å². The molecule has 2 amide bonds. The maximum absolute atomic E-state index is 14.2. The van der Waals surface area contributed by atoms with E-state index in [0.29, 0.717) is 31.4 Å². The molecule has 0 heterocycles. The van der Waals surface area contributed by atoms with Gasteiger partial charge in [-0.1, -0.05) is 62.8 Å². The van der Waals surface area contributed by atoms with Crippen LogP contribution >= 0.6 is 0 Å². The number of hydrogen-bond acceptors (Lipinski definition) is 7. The van der Waals surface area contributed by atoms with Crippen molar-refractivity contribution in [2.75, 3.05) is 6.54 Å². The zero-order valence-electron chi connectivity index (χ0n) is 30.4. The van der Waals surface area contributed by atoms with Crippen molar-refractivity contribution >= 4 is 35.5 Å². The molecule has 0 aliphatic heterocycles. The fourth-order valence-electron chi connectivity index (χ4n) is 6.62. The SMILES string of the molecule is CC(C)(C)OC(=O)C(CCCNC(=N)N)NC(=O)C(NC(=O)C(Cc1ccc(C(=N)N)cc1)C1CCCCC1)C1CCCCC1.O=C(O)C(F)(F)F. The number of rotatable bonds is 14. The first-order valence-electron chi connectivity index (χ1n) is 17.9. The maximum atomic E-state index is 14.2. The largest absolute Gasteiger partial charge is 0.490 e. The fourth-order valence-corrected chi connectivity index (χ4v) is 6.62. The number of halogens is 3. The quantitative estimate of drug-likeness (QED) is 0.0580. The van der Waals surface area contributed by atoms with E-state index in [9.17, 15) is 27.6 Å². The van der Waals surface area contributed by atoms with E-state index >= 15 is 0 Å². The molecule has 16 heteroatoms. The van der Waals surface area contributed by atoms with Gasteiger partial charge in [0.2, 0.25) is 11.8 Å². The summed E-state index contributed by atoms with van der Waals surface area (Å²) in [6, 6.07) is 5.82. The highest BCUT2D eigenvalue weighted by Gasteiger charge is 2.39. The van der Waals surface area contributed by atoms with Crippen molar-refractivity contribution in [2.45, 2.75) is 128 Å². The summed E-state index contributed by atoms with van der Waals surface area (Å²) in [4.78, 5) is 50.3. The Bertz CT molecular complexity index is 1360. The van der Waals surface area contributed by atoms with Crippen molar-refractivity contribution in [3.8, 4) is 0 Å². The summed E-state index contributed by atoms with van der Waals surface area (Å²) in [6.45, 7) is 5.73. The van der Waals surface area contributed by atoms with Crippen LogP contribution < -0.4 is 27.4 Å². The monoisotopic (exact) mass is 739 g/mol. The number of hydrogen-bond donors (Lipinski definition) is 8. The van der Waals surface area contributed by atoms with E-state index in [1.54, 1.807) is 20.8 Å². The smallest absolute Gasteiger partial charge is 0.475 e. The van der Waals surface area contributed by atoms with Crippen molar-refractivity contribution in [3.63, 3.8) is 0 Å². The number of ether oxygens (including phenoxy) is 1. The molecule has 0 aromatic heterocycles. The molecule has 10 N–H and O–H groups in total. The molecular formula is C36H56F3N7O6. The molecule has 3 unspecified atom stereocenters. The molecule has 292 valence electrons. The van der Waals surface area contributed by atoms with E-state index in [4.69, 9.17) is 36.9 Å². The van der Waals surface area contributed by atoms with E-state index in [2.05, 4.69) is 16.0 Å². The van der Waals surface area contributed by atoms with Gasteiger partial charge in [-0.15, -0.1) is 0 Å². The second kappa shape index (κ2) is 20.6. The zero-order chi connectivity index (χ0) is 39.1. The number of aliphatic carboxylic acids is 1. The molecule has 0 spiro atoms. The lowest BCUT2D eigenvalue weighted by atomic mass is 9.76. The summed E-state index contributed by atoms with van der Waals surface area (Å²) in [5, 5.41) is 31.1. The first-order valence-corrected chi connectivity index (χ1v) is 17.9. The van der Waals surface area contributed by atoms with Crippen LogP contribution in [-0.4, -0.2) is 71.1 Å². The molecular weight excluding hydrogens is 683 g/mol. The van der Waals surface area contributed by atoms with Crippen molar-refractivity contribution < 1.29 is 42.2 Å². The highest BCUT2D eigenvalue weighted by molar-refractivity contribution is 5.95. The van der Waals surface area contributed by atoms with Gasteiger partial charge in [-0.2, -0.15) is 13.2 Å². The van der Waals surface area contributed by atoms with Crippen LogP contribution in [0.25, 0.3) is 0 Å². The lowest BCUT2D eigenvalue weighted by molar-refractivity contribution is -0.192. The molecule has 0 saturated heterocycles. The van der Waals surface area contributed by atoms with Crippen LogP contribution in [0.15, 0.2) is 24.3 Å². The van der Waals surface area contributed by atoms with Crippen molar-refractivity contribution in [1.29, 1.82) is 10.8 Å². The Labute approximate surface area is 303 Å². The number of esters is 1. The van der Waals surface area contributed by atoms with Crippen LogP contribution in [0.5, 0.6) is 0 Å². The van der Waals surface area contributed by atoms with Gasteiger partial charge in [0, 0.05) is 18.0 Å². The number of amides is 2. The molecule has 2 aliphatic rings. The molecule has 2 aliphatic carbocycles. The summed E-state index contributed by atoms with van der Waals surface area (Å²) in [6.07, 6.45) is 6.26. The number of carbonyl (C=O) groups is 4. The third-order valence-electron chi connectivity index (χ3n) is 9.21. The summed E-state index contributed by atoms with van der Waals surface area (Å²) >= 11 is 0. The Morgan fingerprint density at radius 3 is 1.85 bits per heavy atom. The van der Waals surface area contributed by atoms with Gasteiger partial charge in [0.25, 0.3) is 0 Å². The van der Waals surface area contributed by atoms with Crippen molar-refractivity contribution in [1.82, 2.24) is 16.0 Å². The Morgan fingerprint density at radius 1 is 0.865 bits per heavy atom. The molecule has 3 atom stereocenters. The van der Waals surface area contributed by atoms with Crippen LogP contribution in [0.2, 0.25) is 0 Å². The van der Waals surface area contributed by atoms with Crippen molar-refractivity contribution in [3.05, 3.63) is 35.4 Å². The van der Waals surface area contributed by atoms with Crippen molar-refractivity contribution in [2.24, 2.45) is 29.2 Å². The lowest BCUT2D eigenvalue weighted by Gasteiger charge is -2.35. The van der Waals surface area contributed by atoms with Crippen LogP contribution in [0, 0.1) is 28.6 Å². The fraction of sp³-hybridized carbons (Fsp3) is 0.667. The van der Waals surface area contributed by atoms with E-state index in [0.717, 1.165) is 63.4 Å². The van der Waals surface area contributed by atoms with Crippen LogP contribution in [0.3, 0.4) is 0 Å². The summed E-state index contributed by atoms with van der Waals surface area (Å²) in [5.41, 5.74) is 12.0. The average Bonchev–Trinajstić information content (AvgIpc) is 3.07. The van der Waals surface area contributed by atoms with Gasteiger partial charge in [0.1, 0.15) is 23.5 Å². The predicted octanol–water partition coefficient (Wildman–Crippen LogP) is 4.50. The lowest BCUT2D eigenvalue weighted by Crippen LogP contribution is -2.57. The van der Waals surface area contributed by atoms with E-state index in [1.807, 2.05) is 24.3 Å². The second-order valence-corrected chi connectivity index (χ2v) is 14.6. The molecule has 1 aromatic carbocycles. The van der Waals surface area contributed by atoms with E-state index in [-0.39, 0.29) is 41.4 Å². The molecule has 2 fully saturated rings. The minimum Gasteiger partial charge on any atom is -0.475 e. The zero-order valence-corrected chi connectivity index (χ0v) is 30.4. The minimum atomic E-state index is -5.08. The Kier molecular flexibility index (Phi) is 17.4. The van der Waals surface area contributed by atoms with Gasteiger partial charge in [-0.05, 0) is 83.1 Å². The predicted molar refractivity (Wildman–Crippen MR) is 190 cm³/mol. The normalized spacial score (nSPS) is 17.3. The molecule has 1 aromatic rings. The summed E-state index contributed by atoms with van der Waals surface area (Å²) < 4.78 is 37.4. The molecule has 3 rings (SSSR count). The van der Waals surface area contributed by atoms with Crippen LogP contribution in [0.4, 0.5) is 13.2 Å². The number of carboxylic acids is 1. The first kappa shape index (κ1) is 43.8. The average molecular weight is 740 g/mol. The standard InChI is InChI=1S/C34H55N7O4.C2HF3O2/c1-34(2,3)45-32(44)27(15-10-20-39-33(37)38)40-31(43)28(24-13-8-5-9-14-24)41-30(42)26(23-11-6-4-7-12-23)21-22-16-18-25(19-17-22)29(35)36;3-2(4,5)1(6)7/h16-19,23-24,26-28H,4-15,20-21H2,1-3H3,(H3,35,36)(H,40,43)(H,41,42)(H4,37,38,39);(H,6,7). The van der Waals surface area contributed by atoms with Crippen LogP contribution in [0.1, 0.15) is 109 Å². The van der Waals surface area contributed by atoms with Gasteiger partial charge in [-0.3, -0.25) is 20.4 Å². The maximum Gasteiger partial charge on any atom is 0.490 e. The number of nitrogen functional groups attached to an aromatic ring is 1. The molecule has 0 radical (unpaired) electrons. The van der Waals surface area contributed by atoms with E-state index < -0.39 is 35.8 Å². The van der Waals surface area contributed by atoms with Gasteiger partial charge < -0.3 is 37.3 Å². The molecule has 13 nitrogen and oxygen atoms in total. The summed E-state index contributed by atoms with van der Waals surface area (Å²) in [5.74, 6) is -4.03. The molecule has 52 heavy (non-hydrogen) atoms. The Morgan fingerprint density at radius 2 is 1.38 bits per heavy atom. The third kappa shape index (κ3) is 15.9. The third-order valence-corrected chi connectivity index (χ3v) is 9.21. The number of guanidine groups is 1. The van der Waals surface area contributed by atoms with Gasteiger partial charge in [0.15, 0.2) is 5.96 Å². The number of alkyl halides is 3. The van der Waals surface area contributed by atoms with Gasteiger partial charge in [0.05, 0.1) is 0 Å². The number of carboxylic acid groups (broad SMARTS) is 1.